The lowest BCUT2D eigenvalue weighted by Crippen LogP contribution is -2.41. The number of aliphatic hydroxyl groups excluding tert-OH is 1. The van der Waals surface area contributed by atoms with Crippen LogP contribution in [0.15, 0.2) is 18.2 Å². The summed E-state index contributed by atoms with van der Waals surface area (Å²) in [5.41, 5.74) is 0.146. The number of carbonyl (C=O) groups excluding carboxylic acids is 1. The molecule has 1 saturated heterocycles. The van der Waals surface area contributed by atoms with Crippen molar-refractivity contribution in [1.29, 1.82) is 0 Å². The van der Waals surface area contributed by atoms with Gasteiger partial charge in [0.15, 0.2) is 11.6 Å². The minimum absolute atomic E-state index is 0.0432. The molecule has 1 aliphatic heterocycles. The van der Waals surface area contributed by atoms with Gasteiger partial charge < -0.3 is 10.0 Å². The third-order valence-electron chi connectivity index (χ3n) is 3.23. The zero-order valence-electron chi connectivity index (χ0n) is 9.90. The van der Waals surface area contributed by atoms with Gasteiger partial charge in [-0.25, -0.2) is 8.78 Å². The van der Waals surface area contributed by atoms with Crippen LogP contribution in [0.4, 0.5) is 8.78 Å². The highest BCUT2D eigenvalue weighted by Crippen LogP contribution is 2.19. The highest BCUT2D eigenvalue weighted by Gasteiger charge is 2.24. The third-order valence-corrected chi connectivity index (χ3v) is 3.23. The lowest BCUT2D eigenvalue weighted by atomic mass is 9.98. The van der Waals surface area contributed by atoms with Crippen LogP contribution in [0.1, 0.15) is 23.2 Å². The molecular formula is C13H15F2NO2. The summed E-state index contributed by atoms with van der Waals surface area (Å²) in [6.45, 7) is 1.10. The summed E-state index contributed by atoms with van der Waals surface area (Å²) in [6, 6.07) is 3.15. The van der Waals surface area contributed by atoms with Gasteiger partial charge in [0.1, 0.15) is 0 Å². The van der Waals surface area contributed by atoms with Gasteiger partial charge in [-0.3, -0.25) is 4.79 Å². The monoisotopic (exact) mass is 255 g/mol. The van der Waals surface area contributed by atoms with Gasteiger partial charge in [0.05, 0.1) is 0 Å². The fourth-order valence-corrected chi connectivity index (χ4v) is 2.21. The number of hydrogen-bond acceptors (Lipinski definition) is 2. The number of hydrogen-bond donors (Lipinski definition) is 1. The summed E-state index contributed by atoms with van der Waals surface area (Å²) < 4.78 is 25.9. The number of rotatable bonds is 2. The smallest absolute Gasteiger partial charge is 0.253 e. The number of carbonyl (C=O) groups is 1. The van der Waals surface area contributed by atoms with Gasteiger partial charge in [0.2, 0.25) is 0 Å². The Kier molecular flexibility index (Phi) is 3.91. The minimum Gasteiger partial charge on any atom is -0.396 e. The van der Waals surface area contributed by atoms with Gasteiger partial charge in [-0.1, -0.05) is 0 Å². The summed E-state index contributed by atoms with van der Waals surface area (Å²) in [5.74, 6) is -2.21. The van der Waals surface area contributed by atoms with Crippen molar-refractivity contribution in [2.45, 2.75) is 12.8 Å². The van der Waals surface area contributed by atoms with Crippen molar-refractivity contribution in [3.63, 3.8) is 0 Å². The van der Waals surface area contributed by atoms with Crippen molar-refractivity contribution in [3.8, 4) is 0 Å². The molecule has 1 aromatic carbocycles. The van der Waals surface area contributed by atoms with E-state index in [0.717, 1.165) is 25.0 Å². The van der Waals surface area contributed by atoms with Gasteiger partial charge in [-0.05, 0) is 37.0 Å². The first-order chi connectivity index (χ1) is 8.61. The van der Waals surface area contributed by atoms with E-state index in [0.29, 0.717) is 13.1 Å². The lowest BCUT2D eigenvalue weighted by Gasteiger charge is -2.31. The van der Waals surface area contributed by atoms with Crippen molar-refractivity contribution in [3.05, 3.63) is 35.4 Å². The Bertz CT molecular complexity index is 451. The molecule has 1 aromatic rings. The van der Waals surface area contributed by atoms with E-state index < -0.39 is 11.6 Å². The number of piperidine rings is 1. The molecule has 18 heavy (non-hydrogen) atoms. The molecule has 1 fully saturated rings. The second-order valence-electron chi connectivity index (χ2n) is 4.57. The average molecular weight is 255 g/mol. The molecule has 0 saturated carbocycles. The molecule has 1 amide bonds. The summed E-state index contributed by atoms with van der Waals surface area (Å²) in [4.78, 5) is 13.7. The van der Waals surface area contributed by atoms with Crippen molar-refractivity contribution >= 4 is 5.91 Å². The van der Waals surface area contributed by atoms with Crippen LogP contribution in [0.25, 0.3) is 0 Å². The maximum atomic E-state index is 13.1. The fraction of sp³-hybridized carbons (Fsp3) is 0.462. The van der Waals surface area contributed by atoms with Gasteiger partial charge in [0, 0.05) is 25.3 Å². The molecule has 2 rings (SSSR count). The molecule has 1 heterocycles. The second kappa shape index (κ2) is 5.44. The molecule has 0 spiro atoms. The van der Waals surface area contributed by atoms with Gasteiger partial charge in [-0.15, -0.1) is 0 Å². The zero-order valence-corrected chi connectivity index (χ0v) is 9.90. The number of benzene rings is 1. The number of halogens is 2. The van der Waals surface area contributed by atoms with Crippen LogP contribution in [0.3, 0.4) is 0 Å². The molecule has 1 N–H and O–H groups in total. The first-order valence-electron chi connectivity index (χ1n) is 5.97. The Morgan fingerprint density at radius 2 is 2.17 bits per heavy atom. The molecular weight excluding hydrogens is 240 g/mol. The summed E-state index contributed by atoms with van der Waals surface area (Å²) in [6.07, 6.45) is 1.71. The van der Waals surface area contributed by atoms with Crippen LogP contribution < -0.4 is 0 Å². The first kappa shape index (κ1) is 13.0. The van der Waals surface area contributed by atoms with Crippen molar-refractivity contribution in [1.82, 2.24) is 4.90 Å². The Labute approximate surface area is 104 Å². The molecule has 1 aliphatic rings. The predicted molar refractivity (Wildman–Crippen MR) is 62.1 cm³/mol. The van der Waals surface area contributed by atoms with Crippen LogP contribution in [-0.2, 0) is 0 Å². The van der Waals surface area contributed by atoms with Crippen molar-refractivity contribution < 1.29 is 18.7 Å². The van der Waals surface area contributed by atoms with E-state index >= 15 is 0 Å². The molecule has 1 atom stereocenters. The Hall–Kier alpha value is -1.49. The Morgan fingerprint density at radius 1 is 1.39 bits per heavy atom. The highest BCUT2D eigenvalue weighted by molar-refractivity contribution is 5.94. The molecule has 0 bridgehead atoms. The Morgan fingerprint density at radius 3 is 2.83 bits per heavy atom. The van der Waals surface area contributed by atoms with E-state index in [1.54, 1.807) is 4.90 Å². The van der Waals surface area contributed by atoms with Gasteiger partial charge >= 0.3 is 0 Å². The topological polar surface area (TPSA) is 40.5 Å². The highest BCUT2D eigenvalue weighted by atomic mass is 19.2. The fourth-order valence-electron chi connectivity index (χ4n) is 2.21. The summed E-state index contributed by atoms with van der Waals surface area (Å²) in [7, 11) is 0. The van der Waals surface area contributed by atoms with Crippen LogP contribution in [0.2, 0.25) is 0 Å². The predicted octanol–water partition coefficient (Wildman–Crippen LogP) is 1.81. The number of nitrogens with zero attached hydrogens (tertiary/aromatic N) is 1. The molecule has 5 heteroatoms. The van der Waals surface area contributed by atoms with E-state index in [9.17, 15) is 13.6 Å². The van der Waals surface area contributed by atoms with Crippen LogP contribution in [0.5, 0.6) is 0 Å². The van der Waals surface area contributed by atoms with Crippen LogP contribution in [0, 0.1) is 17.6 Å². The van der Waals surface area contributed by atoms with Gasteiger partial charge in [-0.2, -0.15) is 0 Å². The molecule has 0 radical (unpaired) electrons. The maximum Gasteiger partial charge on any atom is 0.253 e. The quantitative estimate of drug-likeness (QED) is 0.875. The first-order valence-corrected chi connectivity index (χ1v) is 5.97. The van der Waals surface area contributed by atoms with Crippen LogP contribution >= 0.6 is 0 Å². The molecule has 0 aromatic heterocycles. The molecule has 98 valence electrons. The van der Waals surface area contributed by atoms with E-state index in [4.69, 9.17) is 5.11 Å². The second-order valence-corrected chi connectivity index (χ2v) is 4.57. The summed E-state index contributed by atoms with van der Waals surface area (Å²) in [5, 5.41) is 9.09. The van der Waals surface area contributed by atoms with Gasteiger partial charge in [0.25, 0.3) is 5.91 Å². The van der Waals surface area contributed by atoms with E-state index in [2.05, 4.69) is 0 Å². The zero-order chi connectivity index (χ0) is 13.1. The van der Waals surface area contributed by atoms with E-state index in [1.807, 2.05) is 0 Å². The normalized spacial score (nSPS) is 19.9. The van der Waals surface area contributed by atoms with Crippen molar-refractivity contribution in [2.75, 3.05) is 19.7 Å². The molecule has 3 nitrogen and oxygen atoms in total. The number of likely N-dealkylation sites (tertiary alicyclic amines) is 1. The average Bonchev–Trinajstić information content (AvgIpc) is 2.41. The lowest BCUT2D eigenvalue weighted by molar-refractivity contribution is 0.0620. The SMILES string of the molecule is O=C(c1ccc(F)c(F)c1)N1CCCC(CO)C1. The summed E-state index contributed by atoms with van der Waals surface area (Å²) >= 11 is 0. The minimum atomic E-state index is -1.02. The van der Waals surface area contributed by atoms with Crippen LogP contribution in [-0.4, -0.2) is 35.6 Å². The largest absolute Gasteiger partial charge is 0.396 e. The molecule has 0 aliphatic carbocycles. The number of aliphatic hydroxyl groups is 1. The van der Waals surface area contributed by atoms with E-state index in [1.165, 1.54) is 6.07 Å². The number of amides is 1. The third kappa shape index (κ3) is 2.67. The molecule has 1 unspecified atom stereocenters. The Balaban J connectivity index is 2.12. The van der Waals surface area contributed by atoms with Crippen molar-refractivity contribution in [2.24, 2.45) is 5.92 Å². The van der Waals surface area contributed by atoms with E-state index in [-0.39, 0.29) is 24.0 Å². The standard InChI is InChI=1S/C13H15F2NO2/c14-11-4-3-10(6-12(11)15)13(18)16-5-1-2-9(7-16)8-17/h3-4,6,9,17H,1-2,5,7-8H2. The maximum absolute atomic E-state index is 13.1.